The van der Waals surface area contributed by atoms with Crippen molar-refractivity contribution in [3.05, 3.63) is 52.7 Å². The SMILES string of the molecule is CN(C(=O)c1cc(-c2cccc(Cl)c2)no1)c1nccs1. The van der Waals surface area contributed by atoms with Crippen LogP contribution in [0.15, 0.2) is 46.4 Å². The molecule has 0 fully saturated rings. The zero-order valence-electron chi connectivity index (χ0n) is 11.0. The summed E-state index contributed by atoms with van der Waals surface area (Å²) in [6.45, 7) is 0. The molecule has 7 heteroatoms. The maximum Gasteiger partial charge on any atom is 0.298 e. The Bertz CT molecular complexity index is 770. The van der Waals surface area contributed by atoms with Crippen LogP contribution in [0.3, 0.4) is 0 Å². The van der Waals surface area contributed by atoms with E-state index in [0.29, 0.717) is 15.8 Å². The summed E-state index contributed by atoms with van der Waals surface area (Å²) in [6, 6.07) is 8.79. The third kappa shape index (κ3) is 2.81. The molecule has 2 aromatic heterocycles. The Labute approximate surface area is 129 Å². The Morgan fingerprint density at radius 3 is 2.95 bits per heavy atom. The summed E-state index contributed by atoms with van der Waals surface area (Å²) in [6.07, 6.45) is 1.64. The maximum atomic E-state index is 12.3. The zero-order chi connectivity index (χ0) is 14.8. The van der Waals surface area contributed by atoms with Crippen molar-refractivity contribution >= 4 is 34.0 Å². The minimum Gasteiger partial charge on any atom is -0.350 e. The van der Waals surface area contributed by atoms with Gasteiger partial charge in [0.2, 0.25) is 5.76 Å². The number of nitrogens with zero attached hydrogens (tertiary/aromatic N) is 3. The molecule has 3 rings (SSSR count). The van der Waals surface area contributed by atoms with Crippen molar-refractivity contribution in [2.24, 2.45) is 0 Å². The molecule has 0 bridgehead atoms. The Balaban J connectivity index is 1.86. The van der Waals surface area contributed by atoms with Crippen molar-refractivity contribution < 1.29 is 9.32 Å². The molecule has 0 aliphatic rings. The highest BCUT2D eigenvalue weighted by Gasteiger charge is 2.20. The van der Waals surface area contributed by atoms with Gasteiger partial charge in [-0.2, -0.15) is 0 Å². The quantitative estimate of drug-likeness (QED) is 0.738. The molecule has 3 aromatic rings. The number of anilines is 1. The number of carbonyl (C=O) groups excluding carboxylic acids is 1. The van der Waals surface area contributed by atoms with E-state index in [0.717, 1.165) is 5.56 Å². The first-order valence-electron chi connectivity index (χ1n) is 6.05. The summed E-state index contributed by atoms with van der Waals surface area (Å²) in [5.41, 5.74) is 1.36. The normalized spacial score (nSPS) is 10.6. The lowest BCUT2D eigenvalue weighted by Crippen LogP contribution is -2.25. The van der Waals surface area contributed by atoms with Crippen LogP contribution in [0.1, 0.15) is 10.6 Å². The van der Waals surface area contributed by atoms with Crippen molar-refractivity contribution in [2.45, 2.75) is 0 Å². The van der Waals surface area contributed by atoms with E-state index in [1.54, 1.807) is 36.8 Å². The van der Waals surface area contributed by atoms with E-state index >= 15 is 0 Å². The fraction of sp³-hybridized carbons (Fsp3) is 0.0714. The summed E-state index contributed by atoms with van der Waals surface area (Å²) >= 11 is 7.32. The standard InChI is InChI=1S/C14H10ClN3O2S/c1-18(14-16-5-6-21-14)13(19)12-8-11(17-20-12)9-3-2-4-10(15)7-9/h2-8H,1H3. The van der Waals surface area contributed by atoms with Crippen LogP contribution in [0.2, 0.25) is 5.02 Å². The van der Waals surface area contributed by atoms with Gasteiger partial charge in [0.25, 0.3) is 5.91 Å². The maximum absolute atomic E-state index is 12.3. The first-order chi connectivity index (χ1) is 10.1. The van der Waals surface area contributed by atoms with Gasteiger partial charge in [-0.1, -0.05) is 28.9 Å². The first kappa shape index (κ1) is 13.8. The first-order valence-corrected chi connectivity index (χ1v) is 7.31. The summed E-state index contributed by atoms with van der Waals surface area (Å²) in [4.78, 5) is 17.8. The molecule has 0 saturated heterocycles. The summed E-state index contributed by atoms with van der Waals surface area (Å²) in [5.74, 6) is -0.145. The van der Waals surface area contributed by atoms with Gasteiger partial charge in [0, 0.05) is 35.3 Å². The van der Waals surface area contributed by atoms with Gasteiger partial charge in [-0.3, -0.25) is 9.69 Å². The van der Waals surface area contributed by atoms with Gasteiger partial charge in [-0.15, -0.1) is 11.3 Å². The van der Waals surface area contributed by atoms with Crippen molar-refractivity contribution in [1.29, 1.82) is 0 Å². The molecule has 0 aliphatic carbocycles. The average Bonchev–Trinajstić information content (AvgIpc) is 3.17. The second-order valence-corrected chi connectivity index (χ2v) is 5.58. The van der Waals surface area contributed by atoms with E-state index in [9.17, 15) is 4.79 Å². The van der Waals surface area contributed by atoms with Crippen LogP contribution in [0.25, 0.3) is 11.3 Å². The van der Waals surface area contributed by atoms with E-state index in [4.69, 9.17) is 16.1 Å². The number of amides is 1. The van der Waals surface area contributed by atoms with Gasteiger partial charge in [0.15, 0.2) is 5.13 Å². The number of hydrogen-bond acceptors (Lipinski definition) is 5. The molecule has 106 valence electrons. The minimum absolute atomic E-state index is 0.155. The molecular weight excluding hydrogens is 310 g/mol. The van der Waals surface area contributed by atoms with Gasteiger partial charge < -0.3 is 4.52 Å². The van der Waals surface area contributed by atoms with Crippen molar-refractivity contribution in [1.82, 2.24) is 10.1 Å². The smallest absolute Gasteiger partial charge is 0.298 e. The number of hydrogen-bond donors (Lipinski definition) is 0. The molecule has 0 aliphatic heterocycles. The predicted molar refractivity (Wildman–Crippen MR) is 81.8 cm³/mol. The van der Waals surface area contributed by atoms with Gasteiger partial charge in [-0.25, -0.2) is 4.98 Å². The van der Waals surface area contributed by atoms with Crippen LogP contribution in [-0.2, 0) is 0 Å². The van der Waals surface area contributed by atoms with Gasteiger partial charge in [-0.05, 0) is 12.1 Å². The number of carbonyl (C=O) groups is 1. The van der Waals surface area contributed by atoms with Crippen LogP contribution in [0.4, 0.5) is 5.13 Å². The molecule has 0 spiro atoms. The lowest BCUT2D eigenvalue weighted by molar-refractivity contribution is 0.0957. The lowest BCUT2D eigenvalue weighted by Gasteiger charge is -2.10. The fourth-order valence-corrected chi connectivity index (χ4v) is 2.59. The predicted octanol–water partition coefficient (Wildman–Crippen LogP) is 3.73. The molecule has 21 heavy (non-hydrogen) atoms. The van der Waals surface area contributed by atoms with E-state index in [1.165, 1.54) is 16.2 Å². The number of aromatic nitrogens is 2. The van der Waals surface area contributed by atoms with Crippen LogP contribution in [-0.4, -0.2) is 23.1 Å². The average molecular weight is 320 g/mol. The minimum atomic E-state index is -0.300. The van der Waals surface area contributed by atoms with E-state index < -0.39 is 0 Å². The third-order valence-electron chi connectivity index (χ3n) is 2.85. The zero-order valence-corrected chi connectivity index (χ0v) is 12.6. The van der Waals surface area contributed by atoms with Crippen molar-refractivity contribution in [2.75, 3.05) is 11.9 Å². The second kappa shape index (κ2) is 5.67. The molecule has 0 unspecified atom stereocenters. The third-order valence-corrected chi connectivity index (χ3v) is 3.94. The highest BCUT2D eigenvalue weighted by Crippen LogP contribution is 2.24. The number of thiazole rings is 1. The molecule has 0 N–H and O–H groups in total. The fourth-order valence-electron chi connectivity index (χ4n) is 1.79. The monoisotopic (exact) mass is 319 g/mol. The van der Waals surface area contributed by atoms with Crippen LogP contribution < -0.4 is 4.90 Å². The summed E-state index contributed by atoms with van der Waals surface area (Å²) in [7, 11) is 1.64. The van der Waals surface area contributed by atoms with Gasteiger partial charge in [0.05, 0.1) is 0 Å². The van der Waals surface area contributed by atoms with Crippen molar-refractivity contribution in [3.8, 4) is 11.3 Å². The molecule has 1 amide bonds. The number of halogens is 1. The van der Waals surface area contributed by atoms with E-state index in [-0.39, 0.29) is 11.7 Å². The van der Waals surface area contributed by atoms with Crippen molar-refractivity contribution in [3.63, 3.8) is 0 Å². The van der Waals surface area contributed by atoms with Crippen LogP contribution in [0, 0.1) is 0 Å². The molecule has 0 saturated carbocycles. The number of rotatable bonds is 3. The molecule has 0 atom stereocenters. The Morgan fingerprint density at radius 2 is 2.24 bits per heavy atom. The van der Waals surface area contributed by atoms with E-state index in [2.05, 4.69) is 10.1 Å². The number of benzene rings is 1. The molecular formula is C14H10ClN3O2S. The lowest BCUT2D eigenvalue weighted by atomic mass is 10.1. The highest BCUT2D eigenvalue weighted by molar-refractivity contribution is 7.13. The Hall–Kier alpha value is -2.18. The molecule has 1 aromatic carbocycles. The van der Waals surface area contributed by atoms with Crippen LogP contribution in [0.5, 0.6) is 0 Å². The summed E-state index contributed by atoms with van der Waals surface area (Å²) < 4.78 is 5.13. The van der Waals surface area contributed by atoms with Gasteiger partial charge in [0.1, 0.15) is 5.69 Å². The van der Waals surface area contributed by atoms with Crippen LogP contribution >= 0.6 is 22.9 Å². The second-order valence-electron chi connectivity index (χ2n) is 4.27. The Morgan fingerprint density at radius 1 is 1.38 bits per heavy atom. The van der Waals surface area contributed by atoms with E-state index in [1.807, 2.05) is 12.1 Å². The molecule has 2 heterocycles. The Kier molecular flexibility index (Phi) is 3.72. The molecule has 0 radical (unpaired) electrons. The topological polar surface area (TPSA) is 59.2 Å². The summed E-state index contributed by atoms with van der Waals surface area (Å²) in [5, 5.41) is 6.91. The van der Waals surface area contributed by atoms with Gasteiger partial charge >= 0.3 is 0 Å². The largest absolute Gasteiger partial charge is 0.350 e. The highest BCUT2D eigenvalue weighted by atomic mass is 35.5. The molecule has 5 nitrogen and oxygen atoms in total.